The summed E-state index contributed by atoms with van der Waals surface area (Å²) in [6.45, 7) is 23.2. The van der Waals surface area contributed by atoms with E-state index in [0.717, 1.165) is 12.0 Å². The Bertz CT molecular complexity index is 1940. The Balaban J connectivity index is 1.21. The first kappa shape index (κ1) is 52.3. The Morgan fingerprint density at radius 1 is 0.970 bits per heavy atom. The number of aliphatic hydroxyl groups is 2. The van der Waals surface area contributed by atoms with Crippen molar-refractivity contribution in [2.45, 2.75) is 205 Å². The van der Waals surface area contributed by atoms with E-state index in [4.69, 9.17) is 50.1 Å². The number of fused-ring (bicyclic) bond motifs is 2. The van der Waals surface area contributed by atoms with E-state index in [9.17, 15) is 15.0 Å². The molecule has 0 radical (unpaired) electrons. The first-order valence-corrected chi connectivity index (χ1v) is 25.5. The Kier molecular flexibility index (Phi) is 16.5. The molecule has 6 aliphatic heterocycles. The molecule has 4 saturated heterocycles. The van der Waals surface area contributed by atoms with Crippen molar-refractivity contribution < 1.29 is 52.9 Å². The molecule has 4 N–H and O–H groups in total. The predicted octanol–water partition coefficient (Wildman–Crippen LogP) is 7.19. The van der Waals surface area contributed by atoms with E-state index in [2.05, 4.69) is 98.1 Å². The fourth-order valence-electron chi connectivity index (χ4n) is 12.4. The molecule has 3 unspecified atom stereocenters. The van der Waals surface area contributed by atoms with Crippen molar-refractivity contribution >= 4 is 23.3 Å². The van der Waals surface area contributed by atoms with Gasteiger partial charge in [0.1, 0.15) is 29.8 Å². The topological polar surface area (TPSA) is 155 Å². The lowest BCUT2D eigenvalue weighted by molar-refractivity contribution is -0.300. The monoisotopic (exact) mass is 955 g/mol. The molecule has 13 nitrogen and oxygen atoms in total. The highest BCUT2D eigenvalue weighted by Gasteiger charge is 2.60. The molecular formula is C53H82N2O11S. The molecule has 0 saturated carbocycles. The lowest BCUT2D eigenvalue weighted by Gasteiger charge is -2.53. The molecule has 7 rings (SSSR count). The molecular weight excluding hydrogens is 873 g/mol. The van der Waals surface area contributed by atoms with E-state index in [1.54, 1.807) is 27.2 Å². The van der Waals surface area contributed by atoms with Gasteiger partial charge in [0.05, 0.1) is 61.0 Å². The van der Waals surface area contributed by atoms with Crippen LogP contribution < -0.4 is 10.6 Å². The summed E-state index contributed by atoms with van der Waals surface area (Å²) in [5, 5.41) is 31.3. The minimum atomic E-state index is -1.82. The molecule has 2 bridgehead atoms. The molecule has 7 aliphatic rings. The average molecular weight is 955 g/mol. The van der Waals surface area contributed by atoms with Gasteiger partial charge >= 0.3 is 5.97 Å². The van der Waals surface area contributed by atoms with Gasteiger partial charge in [-0.05, 0) is 96.2 Å². The minimum Gasteiger partial charge on any atom is -0.462 e. The number of aliphatic hydroxyl groups excluding tert-OH is 1. The fourth-order valence-corrected chi connectivity index (χ4v) is 12.9. The van der Waals surface area contributed by atoms with E-state index >= 15 is 0 Å². The van der Waals surface area contributed by atoms with Gasteiger partial charge in [-0.2, -0.15) is 0 Å². The van der Waals surface area contributed by atoms with Crippen molar-refractivity contribution in [3.8, 4) is 0 Å². The van der Waals surface area contributed by atoms with Crippen molar-refractivity contribution in [1.82, 2.24) is 10.6 Å². The second-order valence-corrected chi connectivity index (χ2v) is 22.0. The predicted molar refractivity (Wildman–Crippen MR) is 261 cm³/mol. The molecule has 0 amide bonds. The molecule has 4 fully saturated rings. The van der Waals surface area contributed by atoms with E-state index in [1.165, 1.54) is 0 Å². The van der Waals surface area contributed by atoms with Crippen LogP contribution in [0.5, 0.6) is 0 Å². The van der Waals surface area contributed by atoms with Gasteiger partial charge in [-0.1, -0.05) is 76.1 Å². The first-order valence-electron chi connectivity index (χ1n) is 25.1. The van der Waals surface area contributed by atoms with Crippen molar-refractivity contribution in [2.75, 3.05) is 20.8 Å². The number of allylic oxidation sites excluding steroid dienone is 3. The van der Waals surface area contributed by atoms with Gasteiger partial charge in [0.25, 0.3) is 0 Å². The van der Waals surface area contributed by atoms with Crippen LogP contribution in [0.3, 0.4) is 0 Å². The minimum absolute atomic E-state index is 0.0347. The van der Waals surface area contributed by atoms with Gasteiger partial charge in [-0.15, -0.1) is 0 Å². The zero-order valence-electron chi connectivity index (χ0n) is 42.4. The molecule has 6 heterocycles. The maximum Gasteiger partial charge on any atom is 0.316 e. The molecule has 14 heteroatoms. The smallest absolute Gasteiger partial charge is 0.316 e. The van der Waals surface area contributed by atoms with E-state index in [1.807, 2.05) is 18.2 Å². The van der Waals surface area contributed by atoms with Gasteiger partial charge < -0.3 is 58.7 Å². The van der Waals surface area contributed by atoms with E-state index < -0.39 is 47.1 Å². The molecule has 20 atom stereocenters. The Morgan fingerprint density at radius 2 is 1.72 bits per heavy atom. The molecule has 376 valence electrons. The number of nitrogens with one attached hydrogen (secondary N) is 2. The summed E-state index contributed by atoms with van der Waals surface area (Å²) in [5.41, 5.74) is -0.163. The number of hydrogen-bond acceptors (Lipinski definition) is 12. The maximum atomic E-state index is 14.5. The Labute approximate surface area is 405 Å². The molecule has 1 spiro atoms. The maximum absolute atomic E-state index is 14.5. The van der Waals surface area contributed by atoms with Crippen LogP contribution in [0.15, 0.2) is 59.3 Å². The van der Waals surface area contributed by atoms with Crippen LogP contribution >= 0.6 is 12.2 Å². The summed E-state index contributed by atoms with van der Waals surface area (Å²) in [4.78, 5) is 14.5. The van der Waals surface area contributed by atoms with Gasteiger partial charge in [0.15, 0.2) is 10.9 Å². The second kappa shape index (κ2) is 21.1. The number of carbonyl (C=O) groups is 1. The van der Waals surface area contributed by atoms with E-state index in [0.29, 0.717) is 48.4 Å². The van der Waals surface area contributed by atoms with E-state index in [-0.39, 0.29) is 91.1 Å². The first-order chi connectivity index (χ1) is 31.7. The van der Waals surface area contributed by atoms with Crippen LogP contribution in [0, 0.1) is 35.5 Å². The number of rotatable bonds is 8. The highest BCUT2D eigenvalue weighted by molar-refractivity contribution is 7.80. The molecule has 0 aromatic carbocycles. The molecule has 1 aliphatic carbocycles. The molecule has 0 aromatic rings. The van der Waals surface area contributed by atoms with Gasteiger partial charge in [0.2, 0.25) is 0 Å². The third-order valence-corrected chi connectivity index (χ3v) is 16.8. The number of ether oxygens (including phenoxy) is 8. The van der Waals surface area contributed by atoms with Crippen LogP contribution in [-0.4, -0.2) is 132 Å². The van der Waals surface area contributed by atoms with Crippen molar-refractivity contribution in [3.05, 3.63) is 59.3 Å². The summed E-state index contributed by atoms with van der Waals surface area (Å²) >= 11 is 5.69. The normalized spacial score (nSPS) is 47.4. The fraction of sp³-hybridized carbons (Fsp3) is 0.774. The highest BCUT2D eigenvalue weighted by atomic mass is 32.1. The van der Waals surface area contributed by atoms with Gasteiger partial charge in [-0.25, -0.2) is 0 Å². The standard InChI is InChI=1S/C53H82N2O11S/c1-14-29(4)47-32(7)20-21-52(66-47)26-38-23-37(65-52)19-18-31(6)44(30(5)16-15-17-36-27-61-48-46(56)33(8)22-39(49(57)64-38)53(36,48)58)41-24-40(59-12)45(34(9)62-41)42-25-43(60-13)51(11,35(10)63-42)55-50(67)54-28(2)3/h15-18,20-22,28-30,32,34-35,37-48,56,58H,14,19,23-27H2,1-13H3,(H2,54,55,67)/b16-15+,31-18+,36-17+/t29?,30-,32-,34-,35-,37+,38-,39-,40-,41?,42?,43-,44-,45-,46+,47+,48+,51-,52+,53+/m0/s1. The number of hydrogen-bond donors (Lipinski definition) is 4. The summed E-state index contributed by atoms with van der Waals surface area (Å²) in [6.07, 6.45) is 13.2. The molecule has 67 heavy (non-hydrogen) atoms. The van der Waals surface area contributed by atoms with Gasteiger partial charge in [-0.3, -0.25) is 4.79 Å². The lowest BCUT2D eigenvalue weighted by atomic mass is 9.70. The summed E-state index contributed by atoms with van der Waals surface area (Å²) < 4.78 is 53.2. The number of esters is 1. The largest absolute Gasteiger partial charge is 0.462 e. The SMILES string of the molecule is CCC(C)[C@H]1O[C@]2(C=C[C@@H]1C)C[C@@H]1C[C@@H](C/C=C(\C)[C@@H](C3C[C@H](OC)[C@@H](C4C[C@H](OC)[C@@](C)(NC(=S)NC(C)C)[C@H](C)O4)[C@H](C)O3)[C@@H](C)/C=C/C=C3\CO[C@@H]4[C@H](O)C(C)=C[C@@H](C(=O)O1)[C@]34O)O2. The zero-order valence-corrected chi connectivity index (χ0v) is 43.2. The van der Waals surface area contributed by atoms with Crippen molar-refractivity contribution in [2.24, 2.45) is 35.5 Å². The van der Waals surface area contributed by atoms with Crippen LogP contribution in [0.4, 0.5) is 0 Å². The lowest BCUT2D eigenvalue weighted by Crippen LogP contribution is -2.69. The quantitative estimate of drug-likeness (QED) is 0.110. The van der Waals surface area contributed by atoms with Crippen LogP contribution in [-0.2, 0) is 42.7 Å². The molecule has 0 aromatic heterocycles. The number of methoxy groups -OCH3 is 2. The van der Waals surface area contributed by atoms with Gasteiger partial charge in [0, 0.05) is 63.7 Å². The second-order valence-electron chi connectivity index (χ2n) is 21.6. The highest BCUT2D eigenvalue weighted by Crippen LogP contribution is 2.48. The number of carbonyl (C=O) groups excluding carboxylic acids is 1. The number of thiocarbonyl (C=S) groups is 1. The summed E-state index contributed by atoms with van der Waals surface area (Å²) in [7, 11) is 3.54. The third kappa shape index (κ3) is 10.5. The van der Waals surface area contributed by atoms with Crippen molar-refractivity contribution in [3.63, 3.8) is 0 Å². The summed E-state index contributed by atoms with van der Waals surface area (Å²) in [6, 6.07) is 0.186. The Hall–Kier alpha value is -2.50. The van der Waals surface area contributed by atoms with Crippen LogP contribution in [0.2, 0.25) is 0 Å². The Morgan fingerprint density at radius 3 is 2.40 bits per heavy atom. The zero-order chi connectivity index (χ0) is 48.7. The van der Waals surface area contributed by atoms with Crippen LogP contribution in [0.25, 0.3) is 0 Å². The summed E-state index contributed by atoms with van der Waals surface area (Å²) in [5.74, 6) is -2.46. The van der Waals surface area contributed by atoms with Crippen LogP contribution in [0.1, 0.15) is 115 Å². The third-order valence-electron chi connectivity index (χ3n) is 16.6. The average Bonchev–Trinajstić information content (AvgIpc) is 3.61. The van der Waals surface area contributed by atoms with Crippen molar-refractivity contribution in [1.29, 1.82) is 0 Å².